The maximum absolute atomic E-state index is 12.5. The minimum Gasteiger partial charge on any atom is -0.324 e. The number of carbonyl (C=O) groups is 1. The Balaban J connectivity index is 1.73. The zero-order valence-electron chi connectivity index (χ0n) is 11.8. The van der Waals surface area contributed by atoms with E-state index in [4.69, 9.17) is 11.6 Å². The largest absolute Gasteiger partial charge is 0.432 e. The summed E-state index contributed by atoms with van der Waals surface area (Å²) in [6.07, 6.45) is -3.12. The first-order chi connectivity index (χ1) is 11.3. The van der Waals surface area contributed by atoms with Crippen LogP contribution in [0.25, 0.3) is 11.3 Å². The van der Waals surface area contributed by atoms with Crippen molar-refractivity contribution in [3.63, 3.8) is 0 Å². The molecule has 124 valence electrons. The van der Waals surface area contributed by atoms with E-state index in [-0.39, 0.29) is 5.95 Å². The second-order valence-electron chi connectivity index (χ2n) is 4.77. The van der Waals surface area contributed by atoms with Crippen LogP contribution in [0.15, 0.2) is 36.5 Å². The number of nitrogens with one attached hydrogen (secondary N) is 3. The van der Waals surface area contributed by atoms with Gasteiger partial charge in [0.15, 0.2) is 5.69 Å². The number of H-pyrrole nitrogens is 2. The highest BCUT2D eigenvalue weighted by Gasteiger charge is 2.33. The van der Waals surface area contributed by atoms with Crippen molar-refractivity contribution in [2.45, 2.75) is 6.18 Å². The Morgan fingerprint density at radius 2 is 1.92 bits per heavy atom. The fourth-order valence-corrected chi connectivity index (χ4v) is 2.04. The van der Waals surface area contributed by atoms with Crippen LogP contribution in [0.1, 0.15) is 16.2 Å². The molecule has 0 atom stereocenters. The highest BCUT2D eigenvalue weighted by molar-refractivity contribution is 6.30. The van der Waals surface area contributed by atoms with E-state index >= 15 is 0 Å². The Kier molecular flexibility index (Phi) is 4.02. The SMILES string of the molecule is O=C(Nc1ncc(-c2ccc(Cl)cc2)[nH]1)c1cc(C(F)(F)F)[nH]n1. The summed E-state index contributed by atoms with van der Waals surface area (Å²) in [6, 6.07) is 7.52. The Morgan fingerprint density at radius 1 is 1.21 bits per heavy atom. The van der Waals surface area contributed by atoms with Gasteiger partial charge in [0.25, 0.3) is 5.91 Å². The molecule has 24 heavy (non-hydrogen) atoms. The van der Waals surface area contributed by atoms with E-state index in [2.05, 4.69) is 20.4 Å². The maximum Gasteiger partial charge on any atom is 0.432 e. The molecule has 2 heterocycles. The Labute approximate surface area is 138 Å². The van der Waals surface area contributed by atoms with Gasteiger partial charge >= 0.3 is 6.18 Å². The van der Waals surface area contributed by atoms with Gasteiger partial charge in [-0.05, 0) is 17.7 Å². The third-order valence-electron chi connectivity index (χ3n) is 3.08. The number of aromatic nitrogens is 4. The average molecular weight is 356 g/mol. The summed E-state index contributed by atoms with van der Waals surface area (Å²) in [5, 5.41) is 8.03. The zero-order valence-corrected chi connectivity index (χ0v) is 12.5. The average Bonchev–Trinajstić information content (AvgIpc) is 3.16. The molecule has 3 rings (SSSR count). The van der Waals surface area contributed by atoms with Crippen molar-refractivity contribution in [1.29, 1.82) is 0 Å². The van der Waals surface area contributed by atoms with Crippen LogP contribution in [0, 0.1) is 0 Å². The van der Waals surface area contributed by atoms with Crippen molar-refractivity contribution in [3.8, 4) is 11.3 Å². The lowest BCUT2D eigenvalue weighted by Crippen LogP contribution is -2.13. The summed E-state index contributed by atoms with van der Waals surface area (Å²) in [5.74, 6) is -0.736. The lowest BCUT2D eigenvalue weighted by atomic mass is 10.2. The molecule has 0 fully saturated rings. The number of rotatable bonds is 3. The monoisotopic (exact) mass is 355 g/mol. The first-order valence-electron chi connectivity index (χ1n) is 6.58. The van der Waals surface area contributed by atoms with E-state index in [9.17, 15) is 18.0 Å². The van der Waals surface area contributed by atoms with Gasteiger partial charge in [0.05, 0.1) is 11.9 Å². The smallest absolute Gasteiger partial charge is 0.324 e. The van der Waals surface area contributed by atoms with Gasteiger partial charge in [-0.1, -0.05) is 23.7 Å². The highest BCUT2D eigenvalue weighted by Crippen LogP contribution is 2.27. The molecule has 0 saturated heterocycles. The van der Waals surface area contributed by atoms with E-state index in [1.54, 1.807) is 29.4 Å². The predicted octanol–water partition coefficient (Wildman–Crippen LogP) is 3.72. The summed E-state index contributed by atoms with van der Waals surface area (Å²) in [4.78, 5) is 18.7. The predicted molar refractivity (Wildman–Crippen MR) is 80.6 cm³/mol. The lowest BCUT2D eigenvalue weighted by Gasteiger charge is -2.00. The number of benzene rings is 1. The van der Waals surface area contributed by atoms with Crippen LogP contribution in [-0.2, 0) is 6.18 Å². The third kappa shape index (κ3) is 3.40. The fourth-order valence-electron chi connectivity index (χ4n) is 1.92. The molecule has 0 aliphatic rings. The van der Waals surface area contributed by atoms with Crippen molar-refractivity contribution in [1.82, 2.24) is 20.2 Å². The summed E-state index contributed by atoms with van der Waals surface area (Å²) in [6.45, 7) is 0. The fraction of sp³-hybridized carbons (Fsp3) is 0.0714. The van der Waals surface area contributed by atoms with E-state index in [0.29, 0.717) is 16.8 Å². The zero-order chi connectivity index (χ0) is 17.3. The molecule has 0 unspecified atom stereocenters. The summed E-state index contributed by atoms with van der Waals surface area (Å²) in [5.41, 5.74) is -0.104. The van der Waals surface area contributed by atoms with Crippen LogP contribution in [0.4, 0.5) is 19.1 Å². The lowest BCUT2D eigenvalue weighted by molar-refractivity contribution is -0.141. The number of alkyl halides is 3. The molecule has 0 aliphatic carbocycles. The number of halogens is 4. The van der Waals surface area contributed by atoms with Crippen LogP contribution in [0.2, 0.25) is 5.02 Å². The van der Waals surface area contributed by atoms with E-state index in [1.807, 2.05) is 0 Å². The first-order valence-corrected chi connectivity index (χ1v) is 6.95. The molecule has 10 heteroatoms. The van der Waals surface area contributed by atoms with Crippen molar-refractivity contribution < 1.29 is 18.0 Å². The summed E-state index contributed by atoms with van der Waals surface area (Å²) >= 11 is 5.80. The molecule has 1 aromatic carbocycles. The van der Waals surface area contributed by atoms with Gasteiger partial charge in [-0.25, -0.2) is 4.98 Å². The Morgan fingerprint density at radius 3 is 2.54 bits per heavy atom. The molecule has 3 aromatic rings. The molecule has 0 radical (unpaired) electrons. The summed E-state index contributed by atoms with van der Waals surface area (Å²) in [7, 11) is 0. The second-order valence-corrected chi connectivity index (χ2v) is 5.21. The highest BCUT2D eigenvalue weighted by atomic mass is 35.5. The molecule has 0 bridgehead atoms. The number of hydrogen-bond acceptors (Lipinski definition) is 3. The Bertz CT molecular complexity index is 869. The first kappa shape index (κ1) is 16.1. The number of imidazole rings is 1. The van der Waals surface area contributed by atoms with Gasteiger partial charge in [0.1, 0.15) is 5.69 Å². The maximum atomic E-state index is 12.5. The van der Waals surface area contributed by atoms with E-state index < -0.39 is 23.5 Å². The summed E-state index contributed by atoms with van der Waals surface area (Å²) < 4.78 is 37.4. The molecule has 6 nitrogen and oxygen atoms in total. The number of amides is 1. The van der Waals surface area contributed by atoms with Gasteiger partial charge in [0.2, 0.25) is 5.95 Å². The quantitative estimate of drug-likeness (QED) is 0.669. The number of hydrogen-bond donors (Lipinski definition) is 3. The molecular weight excluding hydrogens is 347 g/mol. The van der Waals surface area contributed by atoms with Gasteiger partial charge in [-0.2, -0.15) is 18.3 Å². The van der Waals surface area contributed by atoms with Crippen LogP contribution in [0.5, 0.6) is 0 Å². The number of anilines is 1. The number of carbonyl (C=O) groups excluding carboxylic acids is 1. The molecule has 1 amide bonds. The molecule has 0 spiro atoms. The number of aromatic amines is 2. The topological polar surface area (TPSA) is 86.5 Å². The molecule has 0 aliphatic heterocycles. The van der Waals surface area contributed by atoms with Gasteiger partial charge in [-0.3, -0.25) is 15.2 Å². The molecule has 3 N–H and O–H groups in total. The Hall–Kier alpha value is -2.81. The second kappa shape index (κ2) is 6.00. The van der Waals surface area contributed by atoms with Crippen molar-refractivity contribution in [2.75, 3.05) is 5.32 Å². The van der Waals surface area contributed by atoms with Gasteiger partial charge in [0, 0.05) is 11.1 Å². The van der Waals surface area contributed by atoms with Crippen molar-refractivity contribution >= 4 is 23.5 Å². The molecule has 0 saturated carbocycles. The van der Waals surface area contributed by atoms with Crippen LogP contribution in [-0.4, -0.2) is 26.1 Å². The van der Waals surface area contributed by atoms with Crippen LogP contribution < -0.4 is 5.32 Å². The molecular formula is C14H9ClF3N5O. The minimum atomic E-state index is -4.60. The third-order valence-corrected chi connectivity index (χ3v) is 3.33. The van der Waals surface area contributed by atoms with Gasteiger partial charge in [-0.15, -0.1) is 0 Å². The van der Waals surface area contributed by atoms with Crippen LogP contribution >= 0.6 is 11.6 Å². The van der Waals surface area contributed by atoms with Gasteiger partial charge < -0.3 is 4.98 Å². The van der Waals surface area contributed by atoms with Crippen molar-refractivity contribution in [2.24, 2.45) is 0 Å². The van der Waals surface area contributed by atoms with E-state index in [1.165, 1.54) is 6.20 Å². The minimum absolute atomic E-state index is 0.0847. The number of nitrogens with zero attached hydrogens (tertiary/aromatic N) is 2. The normalized spacial score (nSPS) is 11.5. The van der Waals surface area contributed by atoms with E-state index in [0.717, 1.165) is 5.56 Å². The van der Waals surface area contributed by atoms with Crippen molar-refractivity contribution in [3.05, 3.63) is 52.9 Å². The molecule has 2 aromatic heterocycles. The standard InChI is InChI=1S/C14H9ClF3N5O/c15-8-3-1-7(2-4-8)10-6-19-13(20-10)21-12(24)9-5-11(23-22-9)14(16,17)18/h1-6H,(H,22,23)(H2,19,20,21,24). The van der Waals surface area contributed by atoms with Crippen LogP contribution in [0.3, 0.4) is 0 Å².